The molecule has 32 heavy (non-hydrogen) atoms. The van der Waals surface area contributed by atoms with Gasteiger partial charge in [0.2, 0.25) is 5.71 Å². The molecule has 0 aliphatic rings. The highest BCUT2D eigenvalue weighted by Gasteiger charge is 2.24. The Morgan fingerprint density at radius 3 is 2.50 bits per heavy atom. The monoisotopic (exact) mass is 453 g/mol. The summed E-state index contributed by atoms with van der Waals surface area (Å²) in [6.07, 6.45) is 2.55. The number of nitrogens with two attached hydrogens (primary N) is 1. The first-order valence-electron chi connectivity index (χ1n) is 9.52. The van der Waals surface area contributed by atoms with E-state index in [-0.39, 0.29) is 39.2 Å². The van der Waals surface area contributed by atoms with Gasteiger partial charge in [-0.1, -0.05) is 30.3 Å². The van der Waals surface area contributed by atoms with Crippen molar-refractivity contribution in [3.63, 3.8) is 0 Å². The van der Waals surface area contributed by atoms with Crippen LogP contribution in [-0.4, -0.2) is 28.9 Å². The van der Waals surface area contributed by atoms with E-state index < -0.39 is 21.5 Å². The second-order valence-corrected chi connectivity index (χ2v) is 8.65. The van der Waals surface area contributed by atoms with Crippen LogP contribution in [0.3, 0.4) is 0 Å². The zero-order valence-electron chi connectivity index (χ0n) is 17.1. The predicted molar refractivity (Wildman–Crippen MR) is 117 cm³/mol. The Morgan fingerprint density at radius 1 is 1.16 bits per heavy atom. The van der Waals surface area contributed by atoms with Crippen LogP contribution >= 0.6 is 0 Å². The highest BCUT2D eigenvalue weighted by atomic mass is 32.2. The number of furan rings is 1. The van der Waals surface area contributed by atoms with Crippen LogP contribution in [0.4, 0.5) is 5.69 Å². The Kier molecular flexibility index (Phi) is 5.36. The summed E-state index contributed by atoms with van der Waals surface area (Å²) >= 11 is 0. The van der Waals surface area contributed by atoms with Gasteiger partial charge in [-0.2, -0.15) is 0 Å². The Balaban J connectivity index is 1.73. The molecule has 0 radical (unpaired) electrons. The van der Waals surface area contributed by atoms with Crippen LogP contribution in [0, 0.1) is 6.92 Å². The third kappa shape index (κ3) is 3.90. The molecule has 1 atom stereocenters. The summed E-state index contributed by atoms with van der Waals surface area (Å²) in [5.74, 6) is -0.392. The molecule has 1 aromatic carbocycles. The average molecular weight is 453 g/mol. The number of fused-ring (bicyclic) bond motifs is 1. The van der Waals surface area contributed by atoms with Crippen LogP contribution in [0.15, 0.2) is 69.2 Å². The molecule has 0 unspecified atom stereocenters. The summed E-state index contributed by atoms with van der Waals surface area (Å²) in [6, 6.07) is 11.6. The van der Waals surface area contributed by atoms with Crippen LogP contribution in [0.25, 0.3) is 11.1 Å². The van der Waals surface area contributed by atoms with Gasteiger partial charge in [0, 0.05) is 0 Å². The summed E-state index contributed by atoms with van der Waals surface area (Å²) in [6.45, 7) is 3.42. The maximum Gasteiger partial charge on any atom is 0.266 e. The smallest absolute Gasteiger partial charge is 0.266 e. The lowest BCUT2D eigenvalue weighted by molar-refractivity contribution is 0.102. The van der Waals surface area contributed by atoms with Crippen LogP contribution in [0.1, 0.15) is 34.6 Å². The molecule has 0 bridgehead atoms. The minimum absolute atomic E-state index is 0.0441. The van der Waals surface area contributed by atoms with E-state index in [2.05, 4.69) is 15.3 Å². The Morgan fingerprint density at radius 2 is 1.88 bits per heavy atom. The summed E-state index contributed by atoms with van der Waals surface area (Å²) in [5, 5.41) is 7.34. The van der Waals surface area contributed by atoms with E-state index >= 15 is 0 Å². The minimum atomic E-state index is -3.96. The zero-order chi connectivity index (χ0) is 23.0. The number of carbonyl (C=O) groups excluding carboxylic acids is 1. The van der Waals surface area contributed by atoms with E-state index in [0.29, 0.717) is 0 Å². The number of sulfonamides is 1. The summed E-state index contributed by atoms with van der Waals surface area (Å²) < 4.78 is 29.7. The third-order valence-corrected chi connectivity index (χ3v) is 5.85. The number of nitrogens with zero attached hydrogens (tertiary/aromatic N) is 3. The molecule has 3 N–H and O–H groups in total. The van der Waals surface area contributed by atoms with Crippen LogP contribution in [-0.2, 0) is 10.0 Å². The van der Waals surface area contributed by atoms with E-state index in [9.17, 15) is 18.0 Å². The SMILES string of the molecule is Cc1oc2ncn([C@@H](C)c3ccccc3)c(=O)c2c1C(=O)Nc1ccc(S(N)(=O)=O)nc1. The molecule has 0 saturated carbocycles. The molecule has 4 rings (SSSR count). The van der Waals surface area contributed by atoms with Crippen molar-refractivity contribution < 1.29 is 17.6 Å². The minimum Gasteiger partial charge on any atom is -0.442 e. The first kappa shape index (κ1) is 21.4. The van der Waals surface area contributed by atoms with Gasteiger partial charge in [0.05, 0.1) is 23.5 Å². The van der Waals surface area contributed by atoms with E-state index in [4.69, 9.17) is 9.56 Å². The fraction of sp³-hybridized carbons (Fsp3) is 0.143. The average Bonchev–Trinajstić information content (AvgIpc) is 3.11. The van der Waals surface area contributed by atoms with Gasteiger partial charge in [-0.25, -0.2) is 23.5 Å². The van der Waals surface area contributed by atoms with Gasteiger partial charge < -0.3 is 9.73 Å². The van der Waals surface area contributed by atoms with Crippen molar-refractivity contribution in [3.05, 3.63) is 82.2 Å². The van der Waals surface area contributed by atoms with Crippen LogP contribution in [0.5, 0.6) is 0 Å². The van der Waals surface area contributed by atoms with E-state index in [0.717, 1.165) is 11.8 Å². The van der Waals surface area contributed by atoms with E-state index in [1.807, 2.05) is 37.3 Å². The fourth-order valence-electron chi connectivity index (χ4n) is 3.37. The topological polar surface area (TPSA) is 150 Å². The van der Waals surface area contributed by atoms with Gasteiger partial charge >= 0.3 is 0 Å². The number of primary sulfonamides is 1. The molecule has 3 aromatic heterocycles. The lowest BCUT2D eigenvalue weighted by Gasteiger charge is -2.15. The molecule has 0 aliphatic heterocycles. The highest BCUT2D eigenvalue weighted by Crippen LogP contribution is 2.24. The maximum atomic E-state index is 13.3. The lowest BCUT2D eigenvalue weighted by atomic mass is 10.1. The van der Waals surface area contributed by atoms with Crippen molar-refractivity contribution in [2.24, 2.45) is 5.14 Å². The van der Waals surface area contributed by atoms with E-state index in [1.165, 1.54) is 23.0 Å². The number of rotatable bonds is 5. The molecule has 4 aromatic rings. The van der Waals surface area contributed by atoms with Gasteiger partial charge in [0.15, 0.2) is 5.03 Å². The first-order chi connectivity index (χ1) is 15.2. The number of nitrogens with one attached hydrogen (secondary N) is 1. The predicted octanol–water partition coefficient (Wildman–Crippen LogP) is 2.20. The highest BCUT2D eigenvalue weighted by molar-refractivity contribution is 7.89. The third-order valence-electron chi connectivity index (χ3n) is 5.03. The van der Waals surface area contributed by atoms with Gasteiger partial charge in [-0.3, -0.25) is 14.2 Å². The summed E-state index contributed by atoms with van der Waals surface area (Å²) in [4.78, 5) is 34.2. The molecule has 3 heterocycles. The number of anilines is 1. The van der Waals surface area contributed by atoms with Crippen LogP contribution in [0.2, 0.25) is 0 Å². The molecule has 0 saturated heterocycles. The molecule has 164 valence electrons. The molecule has 11 heteroatoms. The Labute approximate surface area is 182 Å². The van der Waals surface area contributed by atoms with Gasteiger partial charge in [-0.05, 0) is 31.5 Å². The molecular weight excluding hydrogens is 434 g/mol. The first-order valence-corrected chi connectivity index (χ1v) is 11.1. The number of hydrogen-bond acceptors (Lipinski definition) is 7. The molecular formula is C21H19N5O5S. The van der Waals surface area contributed by atoms with Crippen molar-refractivity contribution >= 4 is 32.7 Å². The lowest BCUT2D eigenvalue weighted by Crippen LogP contribution is -2.26. The summed E-state index contributed by atoms with van der Waals surface area (Å²) in [7, 11) is -3.96. The number of benzene rings is 1. The fourth-order valence-corrected chi connectivity index (χ4v) is 3.83. The second kappa shape index (κ2) is 8.02. The van der Waals surface area contributed by atoms with Crippen molar-refractivity contribution in [1.82, 2.24) is 14.5 Å². The van der Waals surface area contributed by atoms with Gasteiger partial charge in [0.1, 0.15) is 17.5 Å². The van der Waals surface area contributed by atoms with Gasteiger partial charge in [-0.15, -0.1) is 0 Å². The largest absolute Gasteiger partial charge is 0.442 e. The molecule has 0 spiro atoms. The standard InChI is InChI=1S/C21H19N5O5S/c1-12(14-6-4-3-5-7-14)26-11-24-20-18(21(26)28)17(13(2)31-20)19(27)25-15-8-9-16(23-10-15)32(22,29)30/h3-12H,1-2H3,(H,25,27)(H2,22,29,30)/t12-/m0/s1. The molecule has 0 fully saturated rings. The molecule has 0 aliphatic carbocycles. The van der Waals surface area contributed by atoms with E-state index in [1.54, 1.807) is 6.92 Å². The number of aryl methyl sites for hydroxylation is 1. The number of hydrogen-bond donors (Lipinski definition) is 2. The second-order valence-electron chi connectivity index (χ2n) is 7.14. The van der Waals surface area contributed by atoms with Crippen molar-refractivity contribution in [3.8, 4) is 0 Å². The molecule has 10 nitrogen and oxygen atoms in total. The number of aromatic nitrogens is 3. The Bertz CT molecular complexity index is 1480. The number of amides is 1. The van der Waals surface area contributed by atoms with Crippen LogP contribution < -0.4 is 16.0 Å². The number of carbonyl (C=O) groups is 1. The van der Waals surface area contributed by atoms with Crippen molar-refractivity contribution in [2.45, 2.75) is 24.9 Å². The quantitative estimate of drug-likeness (QED) is 0.470. The number of pyridine rings is 1. The Hall–Kier alpha value is -3.83. The van der Waals surface area contributed by atoms with Crippen molar-refractivity contribution in [2.75, 3.05) is 5.32 Å². The van der Waals surface area contributed by atoms with Gasteiger partial charge in [0.25, 0.3) is 21.5 Å². The normalized spacial score (nSPS) is 12.6. The van der Waals surface area contributed by atoms with Crippen molar-refractivity contribution in [1.29, 1.82) is 0 Å². The molecule has 1 amide bonds. The zero-order valence-corrected chi connectivity index (χ0v) is 18.0. The summed E-state index contributed by atoms with van der Waals surface area (Å²) in [5.41, 5.74) is 0.802. The maximum absolute atomic E-state index is 13.3.